The molecule has 0 saturated heterocycles. The SMILES string of the molecule is CC(C)CCc1nc(NCC2CC2)nc(C2=C(F)C(O)C(F)CC2)n1. The number of hydrogen-bond donors (Lipinski definition) is 2. The molecule has 0 spiro atoms. The molecule has 1 saturated carbocycles. The Morgan fingerprint density at radius 3 is 2.64 bits per heavy atom. The van der Waals surface area contributed by atoms with Crippen molar-refractivity contribution in [2.24, 2.45) is 11.8 Å². The molecular weight excluding hydrogens is 326 g/mol. The lowest BCUT2D eigenvalue weighted by Gasteiger charge is -2.22. The van der Waals surface area contributed by atoms with Crippen molar-refractivity contribution < 1.29 is 13.9 Å². The third-order valence-corrected chi connectivity index (χ3v) is 4.70. The van der Waals surface area contributed by atoms with E-state index in [-0.39, 0.29) is 24.2 Å². The molecule has 138 valence electrons. The minimum Gasteiger partial charge on any atom is -0.383 e. The maximum absolute atomic E-state index is 14.3. The molecule has 0 aromatic carbocycles. The van der Waals surface area contributed by atoms with E-state index < -0.39 is 18.1 Å². The molecule has 1 aromatic rings. The summed E-state index contributed by atoms with van der Waals surface area (Å²) in [6.07, 6.45) is 0.961. The van der Waals surface area contributed by atoms with E-state index >= 15 is 0 Å². The van der Waals surface area contributed by atoms with Gasteiger partial charge < -0.3 is 10.4 Å². The molecule has 25 heavy (non-hydrogen) atoms. The zero-order chi connectivity index (χ0) is 18.0. The lowest BCUT2D eigenvalue weighted by Crippen LogP contribution is -2.27. The summed E-state index contributed by atoms with van der Waals surface area (Å²) < 4.78 is 27.9. The summed E-state index contributed by atoms with van der Waals surface area (Å²) >= 11 is 0. The lowest BCUT2D eigenvalue weighted by molar-refractivity contribution is 0.0777. The Morgan fingerprint density at radius 1 is 1.20 bits per heavy atom. The molecule has 0 aliphatic heterocycles. The molecule has 0 bridgehead atoms. The zero-order valence-electron chi connectivity index (χ0n) is 14.8. The molecule has 2 atom stereocenters. The van der Waals surface area contributed by atoms with Crippen LogP contribution in [0.5, 0.6) is 0 Å². The second kappa shape index (κ2) is 7.72. The smallest absolute Gasteiger partial charge is 0.226 e. The van der Waals surface area contributed by atoms with Gasteiger partial charge in [-0.1, -0.05) is 13.8 Å². The van der Waals surface area contributed by atoms with Gasteiger partial charge in [-0.15, -0.1) is 0 Å². The van der Waals surface area contributed by atoms with Crippen molar-refractivity contribution >= 4 is 11.5 Å². The van der Waals surface area contributed by atoms with Gasteiger partial charge in [-0.2, -0.15) is 9.97 Å². The summed E-state index contributed by atoms with van der Waals surface area (Å²) in [6.45, 7) is 5.04. The average molecular weight is 352 g/mol. The van der Waals surface area contributed by atoms with E-state index in [1.165, 1.54) is 12.8 Å². The van der Waals surface area contributed by atoms with Crippen molar-refractivity contribution in [3.63, 3.8) is 0 Å². The average Bonchev–Trinajstić information content (AvgIpc) is 3.40. The van der Waals surface area contributed by atoms with Crippen LogP contribution in [0.25, 0.3) is 5.57 Å². The topological polar surface area (TPSA) is 70.9 Å². The summed E-state index contributed by atoms with van der Waals surface area (Å²) in [7, 11) is 0. The van der Waals surface area contributed by atoms with Crippen molar-refractivity contribution in [2.75, 3.05) is 11.9 Å². The predicted molar refractivity (Wildman–Crippen MR) is 92.4 cm³/mol. The molecule has 0 radical (unpaired) electrons. The van der Waals surface area contributed by atoms with E-state index in [0.29, 0.717) is 30.0 Å². The van der Waals surface area contributed by atoms with Gasteiger partial charge in [-0.25, -0.2) is 13.8 Å². The summed E-state index contributed by atoms with van der Waals surface area (Å²) in [5.41, 5.74) is 0.198. The van der Waals surface area contributed by atoms with Crippen LogP contribution in [-0.4, -0.2) is 38.9 Å². The van der Waals surface area contributed by atoms with E-state index in [1.54, 1.807) is 0 Å². The summed E-state index contributed by atoms with van der Waals surface area (Å²) in [6, 6.07) is 0. The van der Waals surface area contributed by atoms with E-state index in [4.69, 9.17) is 0 Å². The number of rotatable bonds is 7. The fourth-order valence-electron chi connectivity index (χ4n) is 2.84. The zero-order valence-corrected chi connectivity index (χ0v) is 14.8. The second-order valence-corrected chi connectivity index (χ2v) is 7.48. The number of aromatic nitrogens is 3. The van der Waals surface area contributed by atoms with Crippen LogP contribution in [0.4, 0.5) is 14.7 Å². The minimum absolute atomic E-state index is 0.0712. The lowest BCUT2D eigenvalue weighted by atomic mass is 9.94. The van der Waals surface area contributed by atoms with E-state index in [1.807, 2.05) is 0 Å². The largest absolute Gasteiger partial charge is 0.383 e. The van der Waals surface area contributed by atoms with Crippen LogP contribution in [0.15, 0.2) is 5.83 Å². The number of nitrogens with one attached hydrogen (secondary N) is 1. The molecule has 1 aromatic heterocycles. The van der Waals surface area contributed by atoms with Gasteiger partial charge >= 0.3 is 0 Å². The summed E-state index contributed by atoms with van der Waals surface area (Å²) in [4.78, 5) is 13.2. The number of allylic oxidation sites excluding steroid dienone is 1. The number of hydrogen-bond acceptors (Lipinski definition) is 5. The van der Waals surface area contributed by atoms with Gasteiger partial charge in [0.15, 0.2) is 5.82 Å². The van der Waals surface area contributed by atoms with Crippen LogP contribution in [0, 0.1) is 11.8 Å². The number of nitrogens with zero attached hydrogens (tertiary/aromatic N) is 3. The molecule has 3 rings (SSSR count). The van der Waals surface area contributed by atoms with Crippen molar-refractivity contribution in [1.82, 2.24) is 15.0 Å². The van der Waals surface area contributed by atoms with Gasteiger partial charge in [0.05, 0.1) is 0 Å². The first kappa shape index (κ1) is 18.2. The maximum Gasteiger partial charge on any atom is 0.226 e. The highest BCUT2D eigenvalue weighted by molar-refractivity contribution is 5.64. The van der Waals surface area contributed by atoms with Crippen LogP contribution in [0.1, 0.15) is 57.6 Å². The molecule has 5 nitrogen and oxygen atoms in total. The molecule has 1 heterocycles. The minimum atomic E-state index is -1.72. The normalized spacial score (nSPS) is 24.1. The van der Waals surface area contributed by atoms with Gasteiger partial charge in [-0.05, 0) is 43.9 Å². The maximum atomic E-state index is 14.3. The van der Waals surface area contributed by atoms with E-state index in [0.717, 1.165) is 13.0 Å². The first-order chi connectivity index (χ1) is 11.9. The molecular formula is C18H26F2N4O. The van der Waals surface area contributed by atoms with Crippen molar-refractivity contribution in [3.05, 3.63) is 17.5 Å². The molecule has 1 fully saturated rings. The molecule has 0 amide bonds. The van der Waals surface area contributed by atoms with Gasteiger partial charge in [0.2, 0.25) is 5.95 Å². The number of halogens is 2. The Hall–Kier alpha value is -1.63. The van der Waals surface area contributed by atoms with Gasteiger partial charge in [0.1, 0.15) is 23.9 Å². The van der Waals surface area contributed by atoms with Gasteiger partial charge in [0.25, 0.3) is 0 Å². The van der Waals surface area contributed by atoms with Crippen molar-refractivity contribution in [1.29, 1.82) is 0 Å². The standard InChI is InChI=1S/C18H26F2N4O/c1-10(2)3-8-14-22-17(12-6-7-13(19)16(25)15(12)20)24-18(23-14)21-9-11-4-5-11/h10-11,13,16,25H,3-9H2,1-2H3,(H,21,22,23,24). The fraction of sp³-hybridized carbons (Fsp3) is 0.722. The summed E-state index contributed by atoms with van der Waals surface area (Å²) in [5.74, 6) is 1.56. The van der Waals surface area contributed by atoms with Crippen LogP contribution in [-0.2, 0) is 6.42 Å². The van der Waals surface area contributed by atoms with E-state index in [9.17, 15) is 13.9 Å². The number of anilines is 1. The number of aryl methyl sites for hydroxylation is 1. The Bertz CT molecular complexity index is 622. The highest BCUT2D eigenvalue weighted by atomic mass is 19.1. The Labute approximate surface area is 147 Å². The molecule has 2 N–H and O–H groups in total. The molecule has 2 unspecified atom stereocenters. The van der Waals surface area contributed by atoms with Crippen LogP contribution >= 0.6 is 0 Å². The molecule has 2 aliphatic rings. The fourth-order valence-corrected chi connectivity index (χ4v) is 2.84. The number of alkyl halides is 1. The van der Waals surface area contributed by atoms with Crippen LogP contribution < -0.4 is 5.32 Å². The first-order valence-corrected chi connectivity index (χ1v) is 9.14. The molecule has 2 aliphatic carbocycles. The first-order valence-electron chi connectivity index (χ1n) is 9.14. The van der Waals surface area contributed by atoms with Gasteiger partial charge in [-0.3, -0.25) is 0 Å². The third kappa shape index (κ3) is 4.71. The quantitative estimate of drug-likeness (QED) is 0.786. The van der Waals surface area contributed by atoms with Gasteiger partial charge in [0, 0.05) is 18.5 Å². The number of aliphatic hydroxyl groups excluding tert-OH is 1. The van der Waals surface area contributed by atoms with Crippen molar-refractivity contribution in [3.8, 4) is 0 Å². The van der Waals surface area contributed by atoms with Crippen LogP contribution in [0.3, 0.4) is 0 Å². The highest BCUT2D eigenvalue weighted by Gasteiger charge is 2.32. The monoisotopic (exact) mass is 352 g/mol. The van der Waals surface area contributed by atoms with Crippen LogP contribution in [0.2, 0.25) is 0 Å². The summed E-state index contributed by atoms with van der Waals surface area (Å²) in [5, 5.41) is 12.9. The van der Waals surface area contributed by atoms with Crippen molar-refractivity contribution in [2.45, 2.75) is 64.6 Å². The highest BCUT2D eigenvalue weighted by Crippen LogP contribution is 2.34. The Kier molecular flexibility index (Phi) is 5.61. The Balaban J connectivity index is 1.87. The third-order valence-electron chi connectivity index (χ3n) is 4.70. The number of aliphatic hydroxyl groups is 1. The van der Waals surface area contributed by atoms with E-state index in [2.05, 4.69) is 34.1 Å². The predicted octanol–water partition coefficient (Wildman–Crippen LogP) is 3.46. The molecule has 7 heteroatoms. The second-order valence-electron chi connectivity index (χ2n) is 7.48. The Morgan fingerprint density at radius 2 is 1.96 bits per heavy atom.